The van der Waals surface area contributed by atoms with Crippen molar-refractivity contribution in [1.29, 1.82) is 0 Å². The lowest BCUT2D eigenvalue weighted by Crippen LogP contribution is -2.01. The lowest BCUT2D eigenvalue weighted by Gasteiger charge is -2.05. The maximum absolute atomic E-state index is 5.78. The summed E-state index contributed by atoms with van der Waals surface area (Å²) in [6.45, 7) is 2.70. The molecule has 3 rings (SSSR count). The summed E-state index contributed by atoms with van der Waals surface area (Å²) in [4.78, 5) is 4.68. The molecule has 0 fully saturated rings. The predicted octanol–water partition coefficient (Wildman–Crippen LogP) is 4.75. The first-order valence-corrected chi connectivity index (χ1v) is 8.41. The minimum Gasteiger partial charge on any atom is -0.497 e. The fraction of sp³-hybridized carbons (Fsp3) is 0.211. The maximum atomic E-state index is 5.78. The van der Waals surface area contributed by atoms with E-state index in [1.165, 1.54) is 5.56 Å². The zero-order valence-corrected chi connectivity index (χ0v) is 14.1. The zero-order valence-electron chi connectivity index (χ0n) is 13.3. The van der Waals surface area contributed by atoms with E-state index in [-0.39, 0.29) is 0 Å². The number of methoxy groups -OCH3 is 1. The molecule has 0 amide bonds. The summed E-state index contributed by atoms with van der Waals surface area (Å²) in [7, 11) is 1.67. The molecule has 0 atom stereocenters. The van der Waals surface area contributed by atoms with Crippen molar-refractivity contribution in [3.8, 4) is 22.1 Å². The van der Waals surface area contributed by atoms with Crippen LogP contribution in [-0.4, -0.2) is 18.7 Å². The van der Waals surface area contributed by atoms with Crippen LogP contribution >= 0.6 is 11.3 Å². The van der Waals surface area contributed by atoms with Crippen molar-refractivity contribution in [3.63, 3.8) is 0 Å². The first kappa shape index (κ1) is 15.6. The van der Waals surface area contributed by atoms with Crippen LogP contribution < -0.4 is 9.47 Å². The van der Waals surface area contributed by atoms with Gasteiger partial charge in [-0.3, -0.25) is 0 Å². The van der Waals surface area contributed by atoms with Crippen LogP contribution in [0.15, 0.2) is 53.9 Å². The van der Waals surface area contributed by atoms with Gasteiger partial charge in [-0.1, -0.05) is 12.1 Å². The van der Waals surface area contributed by atoms with Crippen molar-refractivity contribution < 1.29 is 9.47 Å². The zero-order chi connectivity index (χ0) is 16.1. The van der Waals surface area contributed by atoms with Gasteiger partial charge in [-0.25, -0.2) is 4.98 Å². The van der Waals surface area contributed by atoms with E-state index in [1.54, 1.807) is 18.4 Å². The largest absolute Gasteiger partial charge is 0.497 e. The number of nitrogens with zero attached hydrogens (tertiary/aromatic N) is 1. The minimum atomic E-state index is 0.634. The van der Waals surface area contributed by atoms with Gasteiger partial charge in [0, 0.05) is 17.4 Å². The molecule has 0 aliphatic carbocycles. The molecule has 23 heavy (non-hydrogen) atoms. The van der Waals surface area contributed by atoms with E-state index >= 15 is 0 Å². The maximum Gasteiger partial charge on any atom is 0.123 e. The number of hydrogen-bond acceptors (Lipinski definition) is 4. The first-order chi connectivity index (χ1) is 11.2. The molecular formula is C19H19NO2S. The third-order valence-corrected chi connectivity index (χ3v) is 4.45. The third-order valence-electron chi connectivity index (χ3n) is 3.51. The highest BCUT2D eigenvalue weighted by Gasteiger charge is 2.05. The van der Waals surface area contributed by atoms with Gasteiger partial charge in [0.25, 0.3) is 0 Å². The Balaban J connectivity index is 1.58. The van der Waals surface area contributed by atoms with Crippen LogP contribution in [0.3, 0.4) is 0 Å². The molecule has 1 aromatic heterocycles. The van der Waals surface area contributed by atoms with Crippen molar-refractivity contribution in [2.75, 3.05) is 13.7 Å². The summed E-state index contributed by atoms with van der Waals surface area (Å²) in [6, 6.07) is 16.1. The smallest absolute Gasteiger partial charge is 0.123 e. The molecule has 118 valence electrons. The average molecular weight is 325 g/mol. The molecule has 0 aliphatic rings. The summed E-state index contributed by atoms with van der Waals surface area (Å²) in [5.41, 5.74) is 3.38. The molecule has 0 unspecified atom stereocenters. The topological polar surface area (TPSA) is 31.4 Å². The number of aromatic nitrogens is 1. The standard InChI is InChI=1S/C19H19NO2S/c1-14-4-3-5-18(12-14)22-11-10-16-13-23-19(20-16)15-6-8-17(21-2)9-7-15/h3-9,12-13H,10-11H2,1-2H3. The second kappa shape index (κ2) is 7.29. The number of aryl methyl sites for hydroxylation is 1. The van der Waals surface area contributed by atoms with Crippen LogP contribution in [0.2, 0.25) is 0 Å². The number of thiazole rings is 1. The lowest BCUT2D eigenvalue weighted by atomic mass is 10.2. The van der Waals surface area contributed by atoms with Gasteiger partial charge in [-0.05, 0) is 48.9 Å². The Morgan fingerprint density at radius 1 is 1.04 bits per heavy atom. The van der Waals surface area contributed by atoms with Crippen molar-refractivity contribution in [2.24, 2.45) is 0 Å². The minimum absolute atomic E-state index is 0.634. The molecule has 2 aromatic carbocycles. The number of rotatable bonds is 6. The van der Waals surface area contributed by atoms with Gasteiger partial charge in [-0.2, -0.15) is 0 Å². The average Bonchev–Trinajstić information content (AvgIpc) is 3.04. The lowest BCUT2D eigenvalue weighted by molar-refractivity contribution is 0.320. The molecule has 4 heteroatoms. The van der Waals surface area contributed by atoms with E-state index in [4.69, 9.17) is 9.47 Å². The van der Waals surface area contributed by atoms with Crippen molar-refractivity contribution in [2.45, 2.75) is 13.3 Å². The highest BCUT2D eigenvalue weighted by atomic mass is 32.1. The van der Waals surface area contributed by atoms with E-state index in [0.29, 0.717) is 6.61 Å². The highest BCUT2D eigenvalue weighted by molar-refractivity contribution is 7.13. The number of hydrogen-bond donors (Lipinski definition) is 0. The van der Waals surface area contributed by atoms with E-state index in [2.05, 4.69) is 23.4 Å². The van der Waals surface area contributed by atoms with Crippen LogP contribution in [0, 0.1) is 6.92 Å². The quantitative estimate of drug-likeness (QED) is 0.655. The Labute approximate surface area is 140 Å². The first-order valence-electron chi connectivity index (χ1n) is 7.53. The Morgan fingerprint density at radius 2 is 1.87 bits per heavy atom. The molecule has 0 bridgehead atoms. The van der Waals surface area contributed by atoms with Gasteiger partial charge in [0.2, 0.25) is 0 Å². The summed E-state index contributed by atoms with van der Waals surface area (Å²) in [5.74, 6) is 1.77. The predicted molar refractivity (Wildman–Crippen MR) is 94.5 cm³/mol. The SMILES string of the molecule is COc1ccc(-c2nc(CCOc3cccc(C)c3)cs2)cc1. The Kier molecular flexibility index (Phi) is 4.93. The summed E-state index contributed by atoms with van der Waals surface area (Å²) < 4.78 is 11.0. The van der Waals surface area contributed by atoms with Crippen LogP contribution in [0.4, 0.5) is 0 Å². The normalized spacial score (nSPS) is 10.5. The second-order valence-electron chi connectivity index (χ2n) is 5.29. The molecule has 3 nitrogen and oxygen atoms in total. The van der Waals surface area contributed by atoms with Gasteiger partial charge in [-0.15, -0.1) is 11.3 Å². The summed E-state index contributed by atoms with van der Waals surface area (Å²) >= 11 is 1.66. The Bertz CT molecular complexity index is 765. The monoisotopic (exact) mass is 325 g/mol. The van der Waals surface area contributed by atoms with Crippen LogP contribution in [-0.2, 0) is 6.42 Å². The molecule has 0 saturated carbocycles. The van der Waals surface area contributed by atoms with Crippen molar-refractivity contribution in [3.05, 3.63) is 65.2 Å². The molecule has 0 N–H and O–H groups in total. The fourth-order valence-corrected chi connectivity index (χ4v) is 3.13. The van der Waals surface area contributed by atoms with E-state index in [9.17, 15) is 0 Å². The molecule has 0 saturated heterocycles. The van der Waals surface area contributed by atoms with Gasteiger partial charge in [0.05, 0.1) is 19.4 Å². The van der Waals surface area contributed by atoms with Gasteiger partial charge >= 0.3 is 0 Å². The molecule has 0 radical (unpaired) electrons. The summed E-state index contributed by atoms with van der Waals surface area (Å²) in [5, 5.41) is 3.12. The molecule has 3 aromatic rings. The van der Waals surface area contributed by atoms with Crippen LogP contribution in [0.25, 0.3) is 10.6 Å². The van der Waals surface area contributed by atoms with E-state index in [0.717, 1.165) is 34.2 Å². The molecule has 0 spiro atoms. The van der Waals surface area contributed by atoms with Gasteiger partial charge in [0.15, 0.2) is 0 Å². The van der Waals surface area contributed by atoms with Gasteiger partial charge in [0.1, 0.15) is 16.5 Å². The van der Waals surface area contributed by atoms with Crippen LogP contribution in [0.5, 0.6) is 11.5 Å². The van der Waals surface area contributed by atoms with Crippen molar-refractivity contribution in [1.82, 2.24) is 4.98 Å². The third kappa shape index (κ3) is 4.11. The molecule has 1 heterocycles. The number of benzene rings is 2. The second-order valence-corrected chi connectivity index (χ2v) is 6.15. The number of ether oxygens (including phenoxy) is 2. The Hall–Kier alpha value is -2.33. The highest BCUT2D eigenvalue weighted by Crippen LogP contribution is 2.26. The fourth-order valence-electron chi connectivity index (χ4n) is 2.27. The van der Waals surface area contributed by atoms with E-state index < -0.39 is 0 Å². The van der Waals surface area contributed by atoms with Crippen LogP contribution in [0.1, 0.15) is 11.3 Å². The molecule has 0 aliphatic heterocycles. The van der Waals surface area contributed by atoms with Gasteiger partial charge < -0.3 is 9.47 Å². The Morgan fingerprint density at radius 3 is 2.61 bits per heavy atom. The van der Waals surface area contributed by atoms with E-state index in [1.807, 2.05) is 42.5 Å². The van der Waals surface area contributed by atoms with Crippen molar-refractivity contribution >= 4 is 11.3 Å². The molecular weight excluding hydrogens is 306 g/mol. The summed E-state index contributed by atoms with van der Waals surface area (Å²) in [6.07, 6.45) is 0.806.